The molecule has 460 valence electrons. The van der Waals surface area contributed by atoms with E-state index in [1.165, 1.54) is 73.6 Å². The molecule has 0 aromatic heterocycles. The van der Waals surface area contributed by atoms with E-state index >= 15 is 0 Å². The molecule has 0 radical (unpaired) electrons. The van der Waals surface area contributed by atoms with Crippen LogP contribution in [0.15, 0.2) is 72.8 Å². The summed E-state index contributed by atoms with van der Waals surface area (Å²) in [6.45, 7) is 33.9. The number of para-hydroxylation sites is 4. The number of halogens is 1. The third kappa shape index (κ3) is 20.6. The van der Waals surface area contributed by atoms with Crippen LogP contribution in [0.25, 0.3) is 0 Å². The number of hydrogen-bond donors (Lipinski definition) is 1. The lowest BCUT2D eigenvalue weighted by atomic mass is 9.90. The molecule has 82 heavy (non-hydrogen) atoms. The molecular formula is C67H103ClO12P2. The number of rotatable bonds is 30. The van der Waals surface area contributed by atoms with E-state index in [2.05, 4.69) is 150 Å². The fourth-order valence-corrected chi connectivity index (χ4v) is 12.9. The average molecular weight is 1200 g/mol. The van der Waals surface area contributed by atoms with Crippen molar-refractivity contribution in [1.82, 2.24) is 0 Å². The van der Waals surface area contributed by atoms with Gasteiger partial charge >= 0.3 is 15.6 Å². The summed E-state index contributed by atoms with van der Waals surface area (Å²) in [7, 11) is -7.13. The quantitative estimate of drug-likeness (QED) is 0.0302. The molecule has 4 aromatic rings. The lowest BCUT2D eigenvalue weighted by Crippen LogP contribution is -2.10. The lowest BCUT2D eigenvalue weighted by Gasteiger charge is -2.22. The van der Waals surface area contributed by atoms with Crippen LogP contribution in [0.3, 0.4) is 0 Å². The predicted octanol–water partition coefficient (Wildman–Crippen LogP) is 20.6. The lowest BCUT2D eigenvalue weighted by molar-refractivity contribution is 0.0514. The van der Waals surface area contributed by atoms with Gasteiger partial charge in [-0.25, -0.2) is 18.2 Å². The number of alkyl halides is 1. The second-order valence-electron chi connectivity index (χ2n) is 23.8. The first-order chi connectivity index (χ1) is 39.1. The van der Waals surface area contributed by atoms with Crippen LogP contribution >= 0.6 is 27.2 Å². The van der Waals surface area contributed by atoms with Crippen LogP contribution in [0, 0.1) is 23.7 Å². The van der Waals surface area contributed by atoms with Crippen molar-refractivity contribution in [1.29, 1.82) is 0 Å². The van der Waals surface area contributed by atoms with Gasteiger partial charge in [-0.1, -0.05) is 167 Å². The Bertz CT molecular complexity index is 2520. The summed E-state index contributed by atoms with van der Waals surface area (Å²) in [5, 5.41) is 10.2. The zero-order valence-corrected chi connectivity index (χ0v) is 55.2. The highest BCUT2D eigenvalue weighted by molar-refractivity contribution is 7.48. The van der Waals surface area contributed by atoms with Gasteiger partial charge in [0.05, 0.1) is 26.4 Å². The highest BCUT2D eigenvalue weighted by atomic mass is 35.5. The van der Waals surface area contributed by atoms with E-state index in [1.54, 1.807) is 27.7 Å². The molecule has 0 saturated heterocycles. The summed E-state index contributed by atoms with van der Waals surface area (Å²) in [6.07, 6.45) is 10.4. The Morgan fingerprint density at radius 1 is 0.390 bits per heavy atom. The van der Waals surface area contributed by atoms with Crippen molar-refractivity contribution < 1.29 is 55.6 Å². The number of aromatic hydroxyl groups is 1. The van der Waals surface area contributed by atoms with E-state index in [1.807, 2.05) is 6.07 Å². The van der Waals surface area contributed by atoms with E-state index in [-0.39, 0.29) is 46.1 Å². The minimum absolute atomic E-state index is 0.161. The Hall–Kier alpha value is -3.41. The van der Waals surface area contributed by atoms with E-state index in [9.17, 15) is 14.2 Å². The molecule has 0 heterocycles. The fourth-order valence-electron chi connectivity index (χ4n) is 10.7. The summed E-state index contributed by atoms with van der Waals surface area (Å²) in [5.41, 5.74) is 9.49. The first kappa shape index (κ1) is 69.4. The number of phenols is 1. The van der Waals surface area contributed by atoms with Crippen molar-refractivity contribution in [3.63, 3.8) is 0 Å². The van der Waals surface area contributed by atoms with Gasteiger partial charge < -0.3 is 19.3 Å². The average Bonchev–Trinajstić information content (AvgIpc) is 4.30. The van der Waals surface area contributed by atoms with E-state index in [4.69, 9.17) is 53.0 Å². The summed E-state index contributed by atoms with van der Waals surface area (Å²) in [4.78, 5) is 0. The number of benzene rings is 4. The third-order valence-electron chi connectivity index (χ3n) is 16.3. The van der Waals surface area contributed by atoms with Crippen LogP contribution in [0.2, 0.25) is 0 Å². The molecule has 4 aromatic carbocycles. The molecule has 1 N–H and O–H groups in total. The Morgan fingerprint density at radius 2 is 0.634 bits per heavy atom. The van der Waals surface area contributed by atoms with Crippen LogP contribution in [0.1, 0.15) is 254 Å². The van der Waals surface area contributed by atoms with Gasteiger partial charge in [0.2, 0.25) is 0 Å². The van der Waals surface area contributed by atoms with Gasteiger partial charge in [-0.15, -0.1) is 0 Å². The smallest absolute Gasteiger partial charge is 0.477 e. The minimum Gasteiger partial charge on any atom is -0.507 e. The molecule has 4 aliphatic carbocycles. The topological polar surface area (TPSA) is 137 Å². The first-order valence-corrected chi connectivity index (χ1v) is 34.3. The SMILES string of the molecule is CC(C)c1cccc(C(C)C2CC2)c1O.CC(C)c1cccc(C(C)C2CC2)c1OCCl.CCOP(=O)(OCC)OCOc1c(C(C)C)cccc1C(C)C1CC1.CCOP(=O)(OCC)OCOc1c(C(C)C)cccc1C(C)C1CC1. The zero-order valence-electron chi connectivity index (χ0n) is 52.7. The molecule has 15 heteroatoms. The summed E-state index contributed by atoms with van der Waals surface area (Å²) >= 11 is 5.76. The molecule has 0 spiro atoms. The van der Waals surface area contributed by atoms with Gasteiger partial charge in [-0.3, -0.25) is 18.1 Å². The molecule has 0 amide bonds. The van der Waals surface area contributed by atoms with Crippen LogP contribution in [-0.4, -0.2) is 51.2 Å². The fraction of sp³-hybridized carbons (Fsp3) is 0.642. The van der Waals surface area contributed by atoms with Crippen molar-refractivity contribution in [2.24, 2.45) is 23.7 Å². The largest absolute Gasteiger partial charge is 0.507 e. The summed E-state index contributed by atoms with van der Waals surface area (Å²) in [6, 6.07) is 25.5. The van der Waals surface area contributed by atoms with Gasteiger partial charge in [-0.2, -0.15) is 0 Å². The van der Waals surface area contributed by atoms with Gasteiger partial charge in [0.25, 0.3) is 0 Å². The number of phosphoric ester groups is 2. The van der Waals surface area contributed by atoms with Gasteiger partial charge in [0, 0.05) is 0 Å². The number of hydrogen-bond acceptors (Lipinski definition) is 12. The maximum absolute atomic E-state index is 12.4. The van der Waals surface area contributed by atoms with Crippen molar-refractivity contribution in [2.75, 3.05) is 46.1 Å². The van der Waals surface area contributed by atoms with E-state index in [0.717, 1.165) is 63.2 Å². The minimum atomic E-state index is -3.57. The standard InChI is InChI=1S/2C19H31O5P.C15H21ClO.C14H20O/c2*1-6-22-25(20,23-7-2)24-13-21-19-17(14(3)4)9-8-10-18(19)15(5)16-11-12-16;1-10(2)13-5-4-6-14(15(13)17-9-16)11(3)12-7-8-12;1-9(2)12-5-4-6-13(14(12)15)10(3)11-7-8-11/h2*8-10,14-16H,6-7,11-13H2,1-5H3;4-6,10-12H,7-9H2,1-3H3;4-6,9-11,15H,7-8H2,1-3H3. The Labute approximate surface area is 500 Å². The highest BCUT2D eigenvalue weighted by Gasteiger charge is 2.35. The van der Waals surface area contributed by atoms with Crippen LogP contribution < -0.4 is 14.2 Å². The highest BCUT2D eigenvalue weighted by Crippen LogP contribution is 2.53. The molecule has 0 aliphatic heterocycles. The Morgan fingerprint density at radius 3 is 0.890 bits per heavy atom. The third-order valence-corrected chi connectivity index (χ3v) is 19.5. The van der Waals surface area contributed by atoms with Crippen molar-refractivity contribution in [2.45, 2.75) is 209 Å². The Kier molecular flexibility index (Phi) is 28.3. The monoisotopic (exact) mass is 1200 g/mol. The van der Waals surface area contributed by atoms with E-state index in [0.29, 0.717) is 53.1 Å². The predicted molar refractivity (Wildman–Crippen MR) is 335 cm³/mol. The first-order valence-electron chi connectivity index (χ1n) is 30.8. The van der Waals surface area contributed by atoms with Gasteiger partial charge in [0.1, 0.15) is 23.0 Å². The normalized spacial score (nSPS) is 16.8. The molecule has 4 fully saturated rings. The van der Waals surface area contributed by atoms with Crippen molar-refractivity contribution >= 4 is 27.2 Å². The van der Waals surface area contributed by atoms with Gasteiger partial charge in [-0.05, 0) is 195 Å². The van der Waals surface area contributed by atoms with Crippen LogP contribution in [0.5, 0.6) is 23.0 Å². The van der Waals surface area contributed by atoms with Crippen LogP contribution in [-0.2, 0) is 36.3 Å². The molecule has 8 rings (SSSR count). The summed E-state index contributed by atoms with van der Waals surface area (Å²) < 4.78 is 73.7. The Balaban J connectivity index is 0.000000205. The summed E-state index contributed by atoms with van der Waals surface area (Å²) in [5.74, 6) is 9.86. The number of phosphoric acid groups is 2. The second-order valence-corrected chi connectivity index (χ2v) is 27.4. The maximum Gasteiger partial charge on any atom is 0.477 e. The molecule has 4 aliphatic rings. The van der Waals surface area contributed by atoms with Crippen LogP contribution in [0.4, 0.5) is 0 Å². The van der Waals surface area contributed by atoms with E-state index < -0.39 is 15.6 Å². The van der Waals surface area contributed by atoms with Gasteiger partial charge in [0.15, 0.2) is 19.7 Å². The van der Waals surface area contributed by atoms with Crippen molar-refractivity contribution in [3.8, 4) is 23.0 Å². The maximum atomic E-state index is 12.4. The van der Waals surface area contributed by atoms with Crippen molar-refractivity contribution in [3.05, 3.63) is 117 Å². The molecule has 4 atom stereocenters. The number of ether oxygens (including phenoxy) is 3. The second kappa shape index (κ2) is 33.5. The molecule has 0 bridgehead atoms. The molecule has 12 nitrogen and oxygen atoms in total. The molecule has 4 saturated carbocycles. The molecule has 4 unspecified atom stereocenters. The molecular weight excluding hydrogens is 1090 g/mol. The number of phenolic OH excluding ortho intramolecular Hbond substituents is 1. The zero-order chi connectivity index (χ0) is 60.3.